The van der Waals surface area contributed by atoms with Gasteiger partial charge in [0.1, 0.15) is 6.54 Å². The van der Waals surface area contributed by atoms with E-state index >= 15 is 0 Å². The lowest BCUT2D eigenvalue weighted by molar-refractivity contribution is -0.130. The quantitative estimate of drug-likeness (QED) is 0.383. The number of guanidine groups is 1. The molecule has 2 aliphatic rings. The summed E-state index contributed by atoms with van der Waals surface area (Å²) in [6.45, 7) is 1.83. The Kier molecular flexibility index (Phi) is 9.38. The predicted octanol–water partition coefficient (Wildman–Crippen LogP) is 3.32. The molecule has 0 radical (unpaired) electrons. The number of amides is 1. The van der Waals surface area contributed by atoms with Gasteiger partial charge in [-0.3, -0.25) is 4.79 Å². The van der Waals surface area contributed by atoms with E-state index in [1.807, 2.05) is 4.90 Å². The number of rotatable bonds is 5. The van der Waals surface area contributed by atoms with Crippen LogP contribution >= 0.6 is 24.0 Å². The molecule has 1 heterocycles. The number of piperidine rings is 1. The highest BCUT2D eigenvalue weighted by molar-refractivity contribution is 14.0. The summed E-state index contributed by atoms with van der Waals surface area (Å²) in [7, 11) is 0. The van der Waals surface area contributed by atoms with Gasteiger partial charge in [0.05, 0.1) is 0 Å². The van der Waals surface area contributed by atoms with E-state index in [1.54, 1.807) is 0 Å². The molecule has 0 bridgehead atoms. The third-order valence-corrected chi connectivity index (χ3v) is 5.68. The highest BCUT2D eigenvalue weighted by atomic mass is 127. The number of aliphatic imine (C=N–C) groups is 1. The van der Waals surface area contributed by atoms with E-state index in [-0.39, 0.29) is 36.4 Å². The lowest BCUT2D eigenvalue weighted by Gasteiger charge is -2.32. The van der Waals surface area contributed by atoms with Gasteiger partial charge in [-0.05, 0) is 43.6 Å². The molecule has 1 saturated carbocycles. The lowest BCUT2D eigenvalue weighted by Crippen LogP contribution is -2.43. The molecule has 2 fully saturated rings. The maximum atomic E-state index is 12.4. The van der Waals surface area contributed by atoms with Crippen LogP contribution in [0.25, 0.3) is 0 Å². The molecule has 1 aromatic carbocycles. The molecule has 3 rings (SSSR count). The Bertz CT molecular complexity index is 593. The van der Waals surface area contributed by atoms with Crippen molar-refractivity contribution in [1.29, 1.82) is 0 Å². The van der Waals surface area contributed by atoms with Crippen molar-refractivity contribution in [1.82, 2.24) is 10.2 Å². The van der Waals surface area contributed by atoms with Crippen molar-refractivity contribution in [3.63, 3.8) is 0 Å². The van der Waals surface area contributed by atoms with Crippen molar-refractivity contribution in [2.24, 2.45) is 16.6 Å². The van der Waals surface area contributed by atoms with Crippen LogP contribution in [0.2, 0.25) is 0 Å². The zero-order valence-corrected chi connectivity index (χ0v) is 18.4. The summed E-state index contributed by atoms with van der Waals surface area (Å²) < 4.78 is 0. The van der Waals surface area contributed by atoms with Crippen LogP contribution < -0.4 is 11.1 Å². The van der Waals surface area contributed by atoms with E-state index in [9.17, 15) is 4.79 Å². The van der Waals surface area contributed by atoms with Crippen molar-refractivity contribution in [2.45, 2.75) is 57.4 Å². The Labute approximate surface area is 180 Å². The molecule has 0 unspecified atom stereocenters. The minimum Gasteiger partial charge on any atom is -0.370 e. The SMILES string of the molecule is I.NC(=NCC(=O)N1CCC(Cc2ccccc2)CC1)NC1CCCCC1. The van der Waals surface area contributed by atoms with Crippen LogP contribution in [-0.4, -0.2) is 42.4 Å². The second kappa shape index (κ2) is 11.5. The summed E-state index contributed by atoms with van der Waals surface area (Å²) in [5.74, 6) is 1.18. The molecule has 0 aromatic heterocycles. The first-order valence-corrected chi connectivity index (χ1v) is 10.1. The van der Waals surface area contributed by atoms with Gasteiger partial charge >= 0.3 is 0 Å². The van der Waals surface area contributed by atoms with Crippen LogP contribution in [0.1, 0.15) is 50.5 Å². The van der Waals surface area contributed by atoms with E-state index in [0.29, 0.717) is 17.9 Å². The monoisotopic (exact) mass is 484 g/mol. The van der Waals surface area contributed by atoms with Gasteiger partial charge in [-0.2, -0.15) is 0 Å². The molecule has 27 heavy (non-hydrogen) atoms. The number of likely N-dealkylation sites (tertiary alicyclic amines) is 1. The fraction of sp³-hybridized carbons (Fsp3) is 0.619. The van der Waals surface area contributed by atoms with Crippen molar-refractivity contribution in [3.05, 3.63) is 35.9 Å². The molecule has 1 aliphatic heterocycles. The number of carbonyl (C=O) groups excluding carboxylic acids is 1. The fourth-order valence-electron chi connectivity index (χ4n) is 4.09. The first-order valence-electron chi connectivity index (χ1n) is 10.1. The molecule has 5 nitrogen and oxygen atoms in total. The average molecular weight is 484 g/mol. The molecule has 1 aliphatic carbocycles. The van der Waals surface area contributed by atoms with Crippen LogP contribution in [0.5, 0.6) is 0 Å². The first-order chi connectivity index (χ1) is 12.7. The smallest absolute Gasteiger partial charge is 0.244 e. The topological polar surface area (TPSA) is 70.7 Å². The van der Waals surface area contributed by atoms with Gasteiger partial charge in [0.15, 0.2) is 5.96 Å². The normalized spacial score (nSPS) is 19.4. The second-order valence-electron chi connectivity index (χ2n) is 7.69. The standard InChI is InChI=1S/C21H32N4O.HI/c22-21(24-19-9-5-2-6-10-19)23-16-20(26)25-13-11-18(12-14-25)15-17-7-3-1-4-8-17;/h1,3-4,7-8,18-19H,2,5-6,9-16H2,(H3,22,23,24);1H. The lowest BCUT2D eigenvalue weighted by atomic mass is 9.90. The van der Waals surface area contributed by atoms with Gasteiger partial charge in [0.25, 0.3) is 0 Å². The van der Waals surface area contributed by atoms with Crippen LogP contribution in [0, 0.1) is 5.92 Å². The summed E-state index contributed by atoms with van der Waals surface area (Å²) in [6, 6.07) is 11.1. The Morgan fingerprint density at radius 1 is 1.07 bits per heavy atom. The summed E-state index contributed by atoms with van der Waals surface area (Å²) in [6.07, 6.45) is 9.37. The molecule has 1 amide bonds. The van der Waals surface area contributed by atoms with Crippen molar-refractivity contribution < 1.29 is 4.79 Å². The van der Waals surface area contributed by atoms with E-state index in [4.69, 9.17) is 5.73 Å². The number of hydrogen-bond donors (Lipinski definition) is 2. The minimum absolute atomic E-state index is 0. The van der Waals surface area contributed by atoms with Gasteiger partial charge in [0.2, 0.25) is 5.91 Å². The van der Waals surface area contributed by atoms with Crippen LogP contribution in [0.15, 0.2) is 35.3 Å². The highest BCUT2D eigenvalue weighted by Gasteiger charge is 2.22. The Morgan fingerprint density at radius 3 is 2.41 bits per heavy atom. The minimum atomic E-state index is 0. The van der Waals surface area contributed by atoms with Crippen molar-refractivity contribution in [2.75, 3.05) is 19.6 Å². The average Bonchev–Trinajstić information content (AvgIpc) is 2.68. The van der Waals surface area contributed by atoms with Crippen LogP contribution in [0.4, 0.5) is 0 Å². The number of halogens is 1. The van der Waals surface area contributed by atoms with Gasteiger partial charge < -0.3 is 16.0 Å². The molecular weight excluding hydrogens is 451 g/mol. The van der Waals surface area contributed by atoms with Gasteiger partial charge in [0, 0.05) is 19.1 Å². The Balaban J connectivity index is 0.00000261. The maximum Gasteiger partial charge on any atom is 0.244 e. The van der Waals surface area contributed by atoms with E-state index in [0.717, 1.165) is 45.2 Å². The third kappa shape index (κ3) is 7.31. The number of nitrogens with two attached hydrogens (primary N) is 1. The molecule has 3 N–H and O–H groups in total. The summed E-state index contributed by atoms with van der Waals surface area (Å²) in [5, 5.41) is 3.27. The zero-order valence-electron chi connectivity index (χ0n) is 16.1. The van der Waals surface area contributed by atoms with Crippen molar-refractivity contribution >= 4 is 35.8 Å². The molecule has 150 valence electrons. The molecule has 0 atom stereocenters. The first kappa shape index (κ1) is 22.0. The summed E-state index contributed by atoms with van der Waals surface area (Å²) >= 11 is 0. The summed E-state index contributed by atoms with van der Waals surface area (Å²) in [5.41, 5.74) is 7.35. The Morgan fingerprint density at radius 2 is 1.74 bits per heavy atom. The fourth-order valence-corrected chi connectivity index (χ4v) is 4.09. The molecule has 1 aromatic rings. The maximum absolute atomic E-state index is 12.4. The zero-order chi connectivity index (χ0) is 18.2. The third-order valence-electron chi connectivity index (χ3n) is 5.68. The summed E-state index contributed by atoms with van der Waals surface area (Å²) in [4.78, 5) is 18.6. The molecule has 1 saturated heterocycles. The van der Waals surface area contributed by atoms with E-state index < -0.39 is 0 Å². The predicted molar refractivity (Wildman–Crippen MR) is 121 cm³/mol. The number of nitrogens with one attached hydrogen (secondary N) is 1. The number of hydrogen-bond acceptors (Lipinski definition) is 2. The molecule has 6 heteroatoms. The highest BCUT2D eigenvalue weighted by Crippen LogP contribution is 2.21. The van der Waals surface area contributed by atoms with Crippen LogP contribution in [0.3, 0.4) is 0 Å². The Hall–Kier alpha value is -1.31. The van der Waals surface area contributed by atoms with E-state index in [2.05, 4.69) is 40.6 Å². The van der Waals surface area contributed by atoms with Gasteiger partial charge in [-0.15, -0.1) is 24.0 Å². The second-order valence-corrected chi connectivity index (χ2v) is 7.69. The molecule has 0 spiro atoms. The van der Waals surface area contributed by atoms with E-state index in [1.165, 1.54) is 24.8 Å². The van der Waals surface area contributed by atoms with Gasteiger partial charge in [-0.1, -0.05) is 49.6 Å². The van der Waals surface area contributed by atoms with Gasteiger partial charge in [-0.25, -0.2) is 4.99 Å². The molecular formula is C21H33IN4O. The number of benzene rings is 1. The van der Waals surface area contributed by atoms with Crippen LogP contribution in [-0.2, 0) is 11.2 Å². The number of carbonyl (C=O) groups is 1. The van der Waals surface area contributed by atoms with Crippen molar-refractivity contribution in [3.8, 4) is 0 Å². The largest absolute Gasteiger partial charge is 0.370 e. The number of nitrogens with zero attached hydrogens (tertiary/aromatic N) is 2.